The fourth-order valence-electron chi connectivity index (χ4n) is 1.67. The summed E-state index contributed by atoms with van der Waals surface area (Å²) >= 11 is 0. The Hall–Kier alpha value is -0.810. The third-order valence-corrected chi connectivity index (χ3v) is 2.27. The van der Waals surface area contributed by atoms with Crippen molar-refractivity contribution in [1.29, 1.82) is 0 Å². The highest BCUT2D eigenvalue weighted by molar-refractivity contribution is 5.69. The molecule has 0 saturated carbocycles. The maximum Gasteiger partial charge on any atom is 0.407 e. The fraction of sp³-hybridized carbons (Fsp3) is 0.900. The number of likely N-dealkylation sites (N-methyl/N-ethyl adjacent to an activating group) is 1. The molecule has 0 radical (unpaired) electrons. The molecule has 88 valence electrons. The molecule has 5 nitrogen and oxygen atoms in total. The second-order valence-corrected chi connectivity index (χ2v) is 4.55. The van der Waals surface area contributed by atoms with Gasteiger partial charge in [0.1, 0.15) is 6.10 Å². The van der Waals surface area contributed by atoms with Crippen molar-refractivity contribution < 1.29 is 14.6 Å². The quantitative estimate of drug-likeness (QED) is 0.688. The molecular weight excluding hydrogens is 196 g/mol. The molecule has 2 N–H and O–H groups in total. The van der Waals surface area contributed by atoms with Crippen LogP contribution in [-0.2, 0) is 4.74 Å². The van der Waals surface area contributed by atoms with Gasteiger partial charge in [-0.1, -0.05) is 6.92 Å². The number of nitrogens with zero attached hydrogens (tertiary/aromatic N) is 1. The Balaban J connectivity index is 2.36. The average Bonchev–Trinajstić information content (AvgIpc) is 2.47. The zero-order valence-corrected chi connectivity index (χ0v) is 9.62. The minimum absolute atomic E-state index is 0.0974. The van der Waals surface area contributed by atoms with Gasteiger partial charge in [0, 0.05) is 13.1 Å². The van der Waals surface area contributed by atoms with Crippen molar-refractivity contribution >= 4 is 6.09 Å². The zero-order valence-electron chi connectivity index (χ0n) is 9.62. The van der Waals surface area contributed by atoms with Crippen LogP contribution in [0, 0.1) is 0 Å². The lowest BCUT2D eigenvalue weighted by molar-refractivity contribution is 0.0239. The molecular formula is C10H20N2O3. The molecule has 0 spiro atoms. The summed E-state index contributed by atoms with van der Waals surface area (Å²) in [5.74, 6) is 0. The van der Waals surface area contributed by atoms with Gasteiger partial charge in [-0.2, -0.15) is 0 Å². The number of ether oxygens (including phenoxy) is 1. The summed E-state index contributed by atoms with van der Waals surface area (Å²) in [5.41, 5.74) is -0.716. The number of carbonyl (C=O) groups is 1. The molecule has 1 rings (SSSR count). The molecule has 0 bridgehead atoms. The number of amides is 1. The van der Waals surface area contributed by atoms with Gasteiger partial charge in [0.05, 0.1) is 12.1 Å². The van der Waals surface area contributed by atoms with Crippen LogP contribution in [-0.4, -0.2) is 54.0 Å². The summed E-state index contributed by atoms with van der Waals surface area (Å²) in [7, 11) is 0. The summed E-state index contributed by atoms with van der Waals surface area (Å²) in [6.45, 7) is 8.20. The largest absolute Gasteiger partial charge is 0.443 e. The Morgan fingerprint density at radius 1 is 1.67 bits per heavy atom. The maximum absolute atomic E-state index is 10.8. The Kier molecular flexibility index (Phi) is 3.93. The number of hydrogen-bond acceptors (Lipinski definition) is 4. The third-order valence-electron chi connectivity index (χ3n) is 2.27. The Morgan fingerprint density at radius 2 is 2.33 bits per heavy atom. The molecule has 1 heterocycles. The maximum atomic E-state index is 10.8. The first kappa shape index (κ1) is 12.3. The van der Waals surface area contributed by atoms with E-state index in [1.807, 2.05) is 6.92 Å². The number of nitrogens with one attached hydrogen (secondary N) is 1. The van der Waals surface area contributed by atoms with Crippen LogP contribution in [0.15, 0.2) is 0 Å². The van der Waals surface area contributed by atoms with E-state index in [1.165, 1.54) is 0 Å². The fourth-order valence-corrected chi connectivity index (χ4v) is 1.67. The van der Waals surface area contributed by atoms with Gasteiger partial charge in [-0.05, 0) is 20.4 Å². The van der Waals surface area contributed by atoms with Gasteiger partial charge in [-0.3, -0.25) is 4.90 Å². The number of cyclic esters (lactones) is 1. The lowest BCUT2D eigenvalue weighted by atomic mass is 10.1. The Morgan fingerprint density at radius 3 is 2.73 bits per heavy atom. The highest BCUT2D eigenvalue weighted by Gasteiger charge is 2.26. The van der Waals surface area contributed by atoms with Crippen molar-refractivity contribution in [2.24, 2.45) is 0 Å². The molecule has 1 unspecified atom stereocenters. The van der Waals surface area contributed by atoms with Crippen molar-refractivity contribution in [3.8, 4) is 0 Å². The van der Waals surface area contributed by atoms with Gasteiger partial charge in [-0.15, -0.1) is 0 Å². The monoisotopic (exact) mass is 216 g/mol. The van der Waals surface area contributed by atoms with Gasteiger partial charge >= 0.3 is 6.09 Å². The van der Waals surface area contributed by atoms with Gasteiger partial charge in [0.2, 0.25) is 0 Å². The second-order valence-electron chi connectivity index (χ2n) is 4.55. The summed E-state index contributed by atoms with van der Waals surface area (Å²) in [6.07, 6.45) is -0.445. The average molecular weight is 216 g/mol. The van der Waals surface area contributed by atoms with Crippen LogP contribution >= 0.6 is 0 Å². The van der Waals surface area contributed by atoms with E-state index in [4.69, 9.17) is 4.74 Å². The van der Waals surface area contributed by atoms with E-state index in [2.05, 4.69) is 10.2 Å². The van der Waals surface area contributed by atoms with E-state index < -0.39 is 5.60 Å². The molecule has 1 saturated heterocycles. The second kappa shape index (κ2) is 4.81. The normalized spacial score (nSPS) is 21.7. The van der Waals surface area contributed by atoms with Gasteiger partial charge < -0.3 is 15.2 Å². The third kappa shape index (κ3) is 4.48. The van der Waals surface area contributed by atoms with Gasteiger partial charge in [0.15, 0.2) is 0 Å². The van der Waals surface area contributed by atoms with E-state index in [9.17, 15) is 9.90 Å². The summed E-state index contributed by atoms with van der Waals surface area (Å²) in [4.78, 5) is 12.9. The number of hydrogen-bond donors (Lipinski definition) is 2. The van der Waals surface area contributed by atoms with Crippen molar-refractivity contribution in [2.75, 3.05) is 26.2 Å². The zero-order chi connectivity index (χ0) is 11.5. The molecule has 0 aromatic rings. The standard InChI is InChI=1S/C10H20N2O3/c1-4-12(7-10(2,3)14)6-8-5-11-9(13)15-8/h8,14H,4-7H2,1-3H3,(H,11,13). The summed E-state index contributed by atoms with van der Waals surface area (Å²) in [6, 6.07) is 0. The number of rotatable bonds is 5. The molecule has 0 aliphatic carbocycles. The van der Waals surface area contributed by atoms with Crippen LogP contribution in [0.3, 0.4) is 0 Å². The minimum atomic E-state index is -0.716. The topological polar surface area (TPSA) is 61.8 Å². The van der Waals surface area contributed by atoms with Crippen molar-refractivity contribution in [3.63, 3.8) is 0 Å². The van der Waals surface area contributed by atoms with E-state index in [0.717, 1.165) is 6.54 Å². The predicted molar refractivity (Wildman–Crippen MR) is 56.7 cm³/mol. The molecule has 1 amide bonds. The van der Waals surface area contributed by atoms with Crippen molar-refractivity contribution in [1.82, 2.24) is 10.2 Å². The predicted octanol–water partition coefficient (Wildman–Crippen LogP) is 0.188. The molecule has 1 aliphatic rings. The smallest absolute Gasteiger partial charge is 0.407 e. The van der Waals surface area contributed by atoms with Crippen molar-refractivity contribution in [3.05, 3.63) is 0 Å². The van der Waals surface area contributed by atoms with Crippen LogP contribution in [0.1, 0.15) is 20.8 Å². The van der Waals surface area contributed by atoms with Crippen LogP contribution < -0.4 is 5.32 Å². The van der Waals surface area contributed by atoms with Gasteiger partial charge in [0.25, 0.3) is 0 Å². The first-order chi connectivity index (χ1) is 6.90. The molecule has 1 atom stereocenters. The molecule has 1 aliphatic heterocycles. The van der Waals surface area contributed by atoms with Crippen LogP contribution in [0.5, 0.6) is 0 Å². The van der Waals surface area contributed by atoms with E-state index in [0.29, 0.717) is 19.6 Å². The van der Waals surface area contributed by atoms with E-state index in [1.54, 1.807) is 13.8 Å². The molecule has 1 fully saturated rings. The van der Waals surface area contributed by atoms with E-state index >= 15 is 0 Å². The first-order valence-electron chi connectivity index (χ1n) is 5.30. The Bertz CT molecular complexity index is 225. The summed E-state index contributed by atoms with van der Waals surface area (Å²) in [5, 5.41) is 12.3. The van der Waals surface area contributed by atoms with Crippen LogP contribution in [0.25, 0.3) is 0 Å². The van der Waals surface area contributed by atoms with Crippen LogP contribution in [0.4, 0.5) is 4.79 Å². The molecule has 5 heteroatoms. The molecule has 0 aromatic carbocycles. The first-order valence-corrected chi connectivity index (χ1v) is 5.30. The highest BCUT2D eigenvalue weighted by Crippen LogP contribution is 2.08. The van der Waals surface area contributed by atoms with Crippen LogP contribution in [0.2, 0.25) is 0 Å². The lowest BCUT2D eigenvalue weighted by Crippen LogP contribution is -2.42. The van der Waals surface area contributed by atoms with E-state index in [-0.39, 0.29) is 12.2 Å². The number of aliphatic hydroxyl groups is 1. The highest BCUT2D eigenvalue weighted by atomic mass is 16.6. The summed E-state index contributed by atoms with van der Waals surface area (Å²) < 4.78 is 5.03. The minimum Gasteiger partial charge on any atom is -0.443 e. The Labute approximate surface area is 90.4 Å². The number of carbonyl (C=O) groups excluding carboxylic acids is 1. The SMILES string of the molecule is CCN(CC1CNC(=O)O1)CC(C)(C)O. The van der Waals surface area contributed by atoms with Gasteiger partial charge in [-0.25, -0.2) is 4.79 Å². The lowest BCUT2D eigenvalue weighted by Gasteiger charge is -2.29. The van der Waals surface area contributed by atoms with Crippen molar-refractivity contribution in [2.45, 2.75) is 32.5 Å². The number of alkyl carbamates (subject to hydrolysis) is 1. The molecule has 15 heavy (non-hydrogen) atoms. The molecule has 0 aromatic heterocycles.